The van der Waals surface area contributed by atoms with E-state index >= 15 is 0 Å². The van der Waals surface area contributed by atoms with E-state index in [-0.39, 0.29) is 0 Å². The third kappa shape index (κ3) is 4.45. The molecule has 0 atom stereocenters. The molecule has 1 aliphatic rings. The quantitative estimate of drug-likeness (QED) is 0.744. The predicted octanol–water partition coefficient (Wildman–Crippen LogP) is 3.26. The van der Waals surface area contributed by atoms with Gasteiger partial charge in [-0.05, 0) is 70.8 Å². The summed E-state index contributed by atoms with van der Waals surface area (Å²) in [5.41, 5.74) is 1.37. The van der Waals surface area contributed by atoms with Crippen LogP contribution < -0.4 is 10.1 Å². The van der Waals surface area contributed by atoms with Crippen LogP contribution in [0.1, 0.15) is 44.6 Å². The third-order valence-corrected chi connectivity index (χ3v) is 4.72. The number of para-hydroxylation sites is 1. The fourth-order valence-electron chi connectivity index (χ4n) is 2.93. The van der Waals surface area contributed by atoms with Crippen LogP contribution in [-0.4, -0.2) is 44.2 Å². The van der Waals surface area contributed by atoms with E-state index in [1.54, 1.807) is 7.11 Å². The Morgan fingerprint density at radius 3 is 2.67 bits per heavy atom. The zero-order valence-corrected chi connectivity index (χ0v) is 13.9. The fourth-order valence-corrected chi connectivity index (χ4v) is 2.93. The van der Waals surface area contributed by atoms with Crippen LogP contribution in [0.5, 0.6) is 5.75 Å². The molecule has 0 heterocycles. The minimum absolute atomic E-state index is 0.642. The van der Waals surface area contributed by atoms with E-state index in [1.807, 2.05) is 6.07 Å². The van der Waals surface area contributed by atoms with Crippen LogP contribution in [0.15, 0.2) is 24.3 Å². The van der Waals surface area contributed by atoms with Gasteiger partial charge in [-0.2, -0.15) is 0 Å². The van der Waals surface area contributed by atoms with Gasteiger partial charge in [-0.25, -0.2) is 0 Å². The van der Waals surface area contributed by atoms with Crippen LogP contribution in [0.25, 0.3) is 0 Å². The van der Waals surface area contributed by atoms with Gasteiger partial charge in [-0.15, -0.1) is 0 Å². The Kier molecular flexibility index (Phi) is 6.07. The predicted molar refractivity (Wildman–Crippen MR) is 89.1 cm³/mol. The molecule has 118 valence electrons. The Bertz CT molecular complexity index is 427. The molecule has 1 aromatic carbocycles. The molecule has 0 unspecified atom stereocenters. The molecule has 0 bridgehead atoms. The van der Waals surface area contributed by atoms with Crippen LogP contribution in [0, 0.1) is 0 Å². The Hall–Kier alpha value is -1.06. The summed E-state index contributed by atoms with van der Waals surface area (Å²) in [6.07, 6.45) is 3.70. The van der Waals surface area contributed by atoms with Gasteiger partial charge in [0.2, 0.25) is 0 Å². The number of ether oxygens (including phenoxy) is 1. The van der Waals surface area contributed by atoms with Crippen molar-refractivity contribution < 1.29 is 4.74 Å². The first-order valence-electron chi connectivity index (χ1n) is 8.18. The van der Waals surface area contributed by atoms with E-state index in [0.717, 1.165) is 12.3 Å². The van der Waals surface area contributed by atoms with Crippen molar-refractivity contribution >= 4 is 0 Å². The summed E-state index contributed by atoms with van der Waals surface area (Å²) in [4.78, 5) is 2.40. The zero-order chi connectivity index (χ0) is 15.2. The Morgan fingerprint density at radius 2 is 2.00 bits per heavy atom. The molecule has 0 aliphatic heterocycles. The van der Waals surface area contributed by atoms with Crippen molar-refractivity contribution in [2.75, 3.05) is 27.2 Å². The number of nitrogens with zero attached hydrogens (tertiary/aromatic N) is 1. The van der Waals surface area contributed by atoms with Crippen molar-refractivity contribution in [3.8, 4) is 5.75 Å². The minimum atomic E-state index is 0.642. The molecule has 2 rings (SSSR count). The second kappa shape index (κ2) is 7.81. The zero-order valence-electron chi connectivity index (χ0n) is 13.9. The lowest BCUT2D eigenvalue weighted by atomic mass is 9.75. The van der Waals surface area contributed by atoms with Crippen molar-refractivity contribution in [2.45, 2.75) is 51.1 Å². The van der Waals surface area contributed by atoms with Gasteiger partial charge in [-0.3, -0.25) is 0 Å². The summed E-state index contributed by atoms with van der Waals surface area (Å²) >= 11 is 0. The topological polar surface area (TPSA) is 24.5 Å². The average Bonchev–Trinajstić information content (AvgIpc) is 2.44. The van der Waals surface area contributed by atoms with Gasteiger partial charge < -0.3 is 15.0 Å². The molecule has 0 aromatic heterocycles. The Balaban J connectivity index is 1.65. The number of hydrogen-bond acceptors (Lipinski definition) is 3. The summed E-state index contributed by atoms with van der Waals surface area (Å²) in [6.45, 7) is 6.79. The maximum absolute atomic E-state index is 5.46. The van der Waals surface area contributed by atoms with E-state index in [1.165, 1.54) is 31.4 Å². The maximum Gasteiger partial charge on any atom is 0.122 e. The summed E-state index contributed by atoms with van der Waals surface area (Å²) in [6, 6.07) is 9.75. The first-order chi connectivity index (χ1) is 10.1. The second-order valence-electron chi connectivity index (χ2n) is 6.49. The number of methoxy groups -OCH3 is 1. The molecule has 3 heteroatoms. The maximum atomic E-state index is 5.46. The van der Waals surface area contributed by atoms with E-state index in [0.29, 0.717) is 18.0 Å². The molecule has 0 spiro atoms. The average molecular weight is 290 g/mol. The van der Waals surface area contributed by atoms with Gasteiger partial charge in [0.15, 0.2) is 0 Å². The van der Waals surface area contributed by atoms with Gasteiger partial charge in [0.25, 0.3) is 0 Å². The van der Waals surface area contributed by atoms with Crippen molar-refractivity contribution in [3.63, 3.8) is 0 Å². The first-order valence-corrected chi connectivity index (χ1v) is 8.18. The molecular weight excluding hydrogens is 260 g/mol. The van der Waals surface area contributed by atoms with Gasteiger partial charge in [0, 0.05) is 12.1 Å². The molecule has 1 saturated carbocycles. The standard InChI is InChI=1S/C18H30N2O/c1-14(2)20(3)11-7-10-19-16-12-15(13-16)17-8-5-6-9-18(17)21-4/h5-6,8-9,14-16,19H,7,10-13H2,1-4H3. The molecule has 0 amide bonds. The lowest BCUT2D eigenvalue weighted by molar-refractivity contribution is 0.251. The number of rotatable bonds is 8. The molecule has 3 nitrogen and oxygen atoms in total. The minimum Gasteiger partial charge on any atom is -0.496 e. The number of nitrogens with one attached hydrogen (secondary N) is 1. The van der Waals surface area contributed by atoms with Crippen molar-refractivity contribution in [2.24, 2.45) is 0 Å². The Morgan fingerprint density at radius 1 is 1.29 bits per heavy atom. The third-order valence-electron chi connectivity index (χ3n) is 4.72. The van der Waals surface area contributed by atoms with Crippen LogP contribution in [0.2, 0.25) is 0 Å². The molecule has 1 N–H and O–H groups in total. The lowest BCUT2D eigenvalue weighted by Gasteiger charge is -2.37. The van der Waals surface area contributed by atoms with Gasteiger partial charge >= 0.3 is 0 Å². The smallest absolute Gasteiger partial charge is 0.122 e. The van der Waals surface area contributed by atoms with Gasteiger partial charge in [-0.1, -0.05) is 18.2 Å². The van der Waals surface area contributed by atoms with E-state index < -0.39 is 0 Å². The van der Waals surface area contributed by atoms with Crippen LogP contribution in [0.3, 0.4) is 0 Å². The highest BCUT2D eigenvalue weighted by atomic mass is 16.5. The van der Waals surface area contributed by atoms with Crippen molar-refractivity contribution in [3.05, 3.63) is 29.8 Å². The number of benzene rings is 1. The van der Waals surface area contributed by atoms with Gasteiger partial charge in [0.05, 0.1) is 7.11 Å². The highest BCUT2D eigenvalue weighted by Crippen LogP contribution is 2.40. The number of hydrogen-bond donors (Lipinski definition) is 1. The monoisotopic (exact) mass is 290 g/mol. The van der Waals surface area contributed by atoms with Crippen molar-refractivity contribution in [1.29, 1.82) is 0 Å². The summed E-state index contributed by atoms with van der Waals surface area (Å²) in [5.74, 6) is 1.71. The summed E-state index contributed by atoms with van der Waals surface area (Å²) in [5, 5.41) is 3.68. The molecule has 0 radical (unpaired) electrons. The molecule has 1 fully saturated rings. The van der Waals surface area contributed by atoms with E-state index in [9.17, 15) is 0 Å². The fraction of sp³-hybridized carbons (Fsp3) is 0.667. The Labute approximate surface area is 129 Å². The first kappa shape index (κ1) is 16.3. The highest BCUT2D eigenvalue weighted by Gasteiger charge is 2.31. The van der Waals surface area contributed by atoms with Crippen LogP contribution >= 0.6 is 0 Å². The second-order valence-corrected chi connectivity index (χ2v) is 6.49. The SMILES string of the molecule is COc1ccccc1C1CC(NCCCN(C)C(C)C)C1. The van der Waals surface area contributed by atoms with Crippen molar-refractivity contribution in [1.82, 2.24) is 10.2 Å². The van der Waals surface area contributed by atoms with Gasteiger partial charge in [0.1, 0.15) is 5.75 Å². The molecule has 1 aromatic rings. The van der Waals surface area contributed by atoms with Crippen LogP contribution in [-0.2, 0) is 0 Å². The van der Waals surface area contributed by atoms with E-state index in [2.05, 4.69) is 49.3 Å². The summed E-state index contributed by atoms with van der Waals surface area (Å²) < 4.78 is 5.46. The normalized spacial score (nSPS) is 21.6. The molecule has 1 aliphatic carbocycles. The van der Waals surface area contributed by atoms with Crippen LogP contribution in [0.4, 0.5) is 0 Å². The summed E-state index contributed by atoms with van der Waals surface area (Å²) in [7, 11) is 3.96. The lowest BCUT2D eigenvalue weighted by Crippen LogP contribution is -2.41. The molecule has 21 heavy (non-hydrogen) atoms. The largest absolute Gasteiger partial charge is 0.496 e. The molecule has 0 saturated heterocycles. The molecular formula is C18H30N2O. The highest BCUT2D eigenvalue weighted by molar-refractivity contribution is 5.37. The van der Waals surface area contributed by atoms with E-state index in [4.69, 9.17) is 4.74 Å².